The van der Waals surface area contributed by atoms with Gasteiger partial charge in [-0.3, -0.25) is 0 Å². The lowest BCUT2D eigenvalue weighted by Gasteiger charge is -2.12. The van der Waals surface area contributed by atoms with Crippen LogP contribution >= 0.6 is 0 Å². The summed E-state index contributed by atoms with van der Waals surface area (Å²) >= 11 is 0. The Morgan fingerprint density at radius 1 is 1.00 bits per heavy atom. The molecule has 0 unspecified atom stereocenters. The van der Waals surface area contributed by atoms with Crippen molar-refractivity contribution in [2.75, 3.05) is 32.2 Å². The van der Waals surface area contributed by atoms with E-state index in [-0.39, 0.29) is 30.9 Å². The summed E-state index contributed by atoms with van der Waals surface area (Å²) in [5.41, 5.74) is 5.43. The molecule has 0 spiro atoms. The van der Waals surface area contributed by atoms with Crippen molar-refractivity contribution in [1.29, 1.82) is 0 Å². The summed E-state index contributed by atoms with van der Waals surface area (Å²) in [7, 11) is 0. The molecule has 0 aliphatic rings. The van der Waals surface area contributed by atoms with Crippen LogP contribution in [-0.2, 0) is 0 Å². The SMILES string of the molecule is Nc1nc(OC[C@H](O)CO)cc(OC[C@H](O)CO)n1. The van der Waals surface area contributed by atoms with E-state index < -0.39 is 25.4 Å². The third-order valence-corrected chi connectivity index (χ3v) is 1.97. The van der Waals surface area contributed by atoms with E-state index in [1.54, 1.807) is 0 Å². The zero-order valence-corrected chi connectivity index (χ0v) is 10.1. The molecule has 9 heteroatoms. The lowest BCUT2D eigenvalue weighted by Crippen LogP contribution is -2.23. The average molecular weight is 275 g/mol. The van der Waals surface area contributed by atoms with Gasteiger partial charge in [0.05, 0.1) is 19.3 Å². The highest BCUT2D eigenvalue weighted by Gasteiger charge is 2.09. The molecule has 9 nitrogen and oxygen atoms in total. The maximum atomic E-state index is 9.12. The van der Waals surface area contributed by atoms with Crippen LogP contribution in [0.15, 0.2) is 6.07 Å². The summed E-state index contributed by atoms with van der Waals surface area (Å²) in [4.78, 5) is 7.49. The first-order valence-electron chi connectivity index (χ1n) is 5.53. The molecule has 0 amide bonds. The number of nitrogens with two attached hydrogens (primary N) is 1. The number of aliphatic hydroxyl groups excluding tert-OH is 4. The van der Waals surface area contributed by atoms with E-state index in [1.165, 1.54) is 6.07 Å². The molecule has 0 aliphatic heterocycles. The summed E-state index contributed by atoms with van der Waals surface area (Å²) in [6.07, 6.45) is -2.06. The van der Waals surface area contributed by atoms with Crippen LogP contribution in [0.5, 0.6) is 11.8 Å². The summed E-state index contributed by atoms with van der Waals surface area (Å²) < 4.78 is 10.2. The second-order valence-electron chi connectivity index (χ2n) is 3.70. The number of nitrogen functional groups attached to an aromatic ring is 1. The lowest BCUT2D eigenvalue weighted by molar-refractivity contribution is 0.0492. The molecule has 1 rings (SSSR count). The van der Waals surface area contributed by atoms with E-state index in [1.807, 2.05) is 0 Å². The van der Waals surface area contributed by atoms with Gasteiger partial charge in [-0.1, -0.05) is 0 Å². The molecule has 0 aromatic carbocycles. The fraction of sp³-hybridized carbons (Fsp3) is 0.600. The first-order chi connectivity index (χ1) is 9.05. The smallest absolute Gasteiger partial charge is 0.226 e. The Balaban J connectivity index is 2.60. The summed E-state index contributed by atoms with van der Waals surface area (Å²) in [6, 6.07) is 1.31. The van der Waals surface area contributed by atoms with E-state index in [2.05, 4.69) is 9.97 Å². The zero-order chi connectivity index (χ0) is 14.3. The van der Waals surface area contributed by atoms with E-state index in [9.17, 15) is 0 Å². The first kappa shape index (κ1) is 15.4. The molecular formula is C10H17N3O6. The van der Waals surface area contributed by atoms with Crippen molar-refractivity contribution in [3.8, 4) is 11.8 Å². The molecule has 1 aromatic heterocycles. The minimum Gasteiger partial charge on any atom is -0.475 e. The zero-order valence-electron chi connectivity index (χ0n) is 10.1. The molecule has 19 heavy (non-hydrogen) atoms. The van der Waals surface area contributed by atoms with Crippen molar-refractivity contribution in [1.82, 2.24) is 9.97 Å². The number of aromatic nitrogens is 2. The largest absolute Gasteiger partial charge is 0.475 e. The molecule has 0 saturated carbocycles. The minimum absolute atomic E-state index is 0.0634. The van der Waals surface area contributed by atoms with Gasteiger partial charge in [-0.15, -0.1) is 0 Å². The van der Waals surface area contributed by atoms with Gasteiger partial charge in [0.2, 0.25) is 17.7 Å². The van der Waals surface area contributed by atoms with Gasteiger partial charge in [-0.2, -0.15) is 9.97 Å². The molecule has 1 heterocycles. The van der Waals surface area contributed by atoms with Crippen LogP contribution in [0, 0.1) is 0 Å². The topological polar surface area (TPSA) is 151 Å². The van der Waals surface area contributed by atoms with Gasteiger partial charge in [0.25, 0.3) is 0 Å². The van der Waals surface area contributed by atoms with Crippen LogP contribution in [0.2, 0.25) is 0 Å². The van der Waals surface area contributed by atoms with Gasteiger partial charge in [0.15, 0.2) is 0 Å². The Morgan fingerprint density at radius 2 is 1.42 bits per heavy atom. The molecule has 108 valence electrons. The van der Waals surface area contributed by atoms with Gasteiger partial charge in [0, 0.05) is 0 Å². The molecular weight excluding hydrogens is 258 g/mol. The second-order valence-corrected chi connectivity index (χ2v) is 3.70. The van der Waals surface area contributed by atoms with Gasteiger partial charge in [-0.05, 0) is 0 Å². The van der Waals surface area contributed by atoms with Crippen molar-refractivity contribution >= 4 is 5.95 Å². The van der Waals surface area contributed by atoms with Crippen molar-refractivity contribution in [2.24, 2.45) is 0 Å². The Labute approximate surface area is 109 Å². The second kappa shape index (κ2) is 7.69. The molecule has 1 aromatic rings. The number of hydrogen-bond donors (Lipinski definition) is 5. The average Bonchev–Trinajstić information content (AvgIpc) is 2.41. The van der Waals surface area contributed by atoms with Crippen LogP contribution in [0.25, 0.3) is 0 Å². The third-order valence-electron chi connectivity index (χ3n) is 1.97. The van der Waals surface area contributed by atoms with Crippen LogP contribution in [0.1, 0.15) is 0 Å². The summed E-state index contributed by atoms with van der Waals surface area (Å²) in [6.45, 7) is -1.20. The van der Waals surface area contributed by atoms with Crippen LogP contribution in [0.4, 0.5) is 5.95 Å². The van der Waals surface area contributed by atoms with Gasteiger partial charge >= 0.3 is 0 Å². The highest BCUT2D eigenvalue weighted by Crippen LogP contribution is 2.17. The molecule has 2 atom stereocenters. The van der Waals surface area contributed by atoms with Crippen molar-refractivity contribution in [2.45, 2.75) is 12.2 Å². The highest BCUT2D eigenvalue weighted by molar-refractivity contribution is 5.29. The van der Waals surface area contributed by atoms with Crippen molar-refractivity contribution in [3.63, 3.8) is 0 Å². The molecule has 0 radical (unpaired) electrons. The number of hydrogen-bond acceptors (Lipinski definition) is 9. The van der Waals surface area contributed by atoms with E-state index in [4.69, 9.17) is 35.6 Å². The Hall–Kier alpha value is -1.68. The van der Waals surface area contributed by atoms with Crippen molar-refractivity contribution in [3.05, 3.63) is 6.07 Å². The van der Waals surface area contributed by atoms with Crippen LogP contribution < -0.4 is 15.2 Å². The maximum absolute atomic E-state index is 9.12. The summed E-state index contributed by atoms with van der Waals surface area (Å²) in [5, 5.41) is 35.5. The minimum atomic E-state index is -1.03. The fourth-order valence-corrected chi connectivity index (χ4v) is 1.04. The predicted molar refractivity (Wildman–Crippen MR) is 63.6 cm³/mol. The van der Waals surface area contributed by atoms with Crippen LogP contribution in [0.3, 0.4) is 0 Å². The van der Waals surface area contributed by atoms with Gasteiger partial charge in [-0.25, -0.2) is 0 Å². The third kappa shape index (κ3) is 5.66. The van der Waals surface area contributed by atoms with E-state index in [0.717, 1.165) is 0 Å². The van der Waals surface area contributed by atoms with Crippen molar-refractivity contribution < 1.29 is 29.9 Å². The predicted octanol–water partition coefficient (Wildman–Crippen LogP) is -2.48. The van der Waals surface area contributed by atoms with E-state index in [0.29, 0.717) is 0 Å². The quantitative estimate of drug-likeness (QED) is 0.347. The molecule has 0 aliphatic carbocycles. The van der Waals surface area contributed by atoms with Gasteiger partial charge < -0.3 is 35.6 Å². The normalized spacial score (nSPS) is 13.9. The fourth-order valence-electron chi connectivity index (χ4n) is 1.04. The molecule has 0 saturated heterocycles. The standard InChI is InChI=1S/C10H17N3O6/c11-10-12-8(18-4-6(16)2-14)1-9(13-10)19-5-7(17)3-15/h1,6-7,14-17H,2-5H2,(H2,11,12,13)/t6-,7-/m1/s1. The monoisotopic (exact) mass is 275 g/mol. The Morgan fingerprint density at radius 3 is 1.79 bits per heavy atom. The molecule has 0 bridgehead atoms. The van der Waals surface area contributed by atoms with Gasteiger partial charge in [0.1, 0.15) is 25.4 Å². The maximum Gasteiger partial charge on any atom is 0.226 e. The number of rotatable bonds is 8. The lowest BCUT2D eigenvalue weighted by atomic mass is 10.4. The number of nitrogens with zero attached hydrogens (tertiary/aromatic N) is 2. The van der Waals surface area contributed by atoms with Crippen LogP contribution in [-0.4, -0.2) is 69.0 Å². The number of ether oxygens (including phenoxy) is 2. The molecule has 6 N–H and O–H groups in total. The van der Waals surface area contributed by atoms with E-state index >= 15 is 0 Å². The Bertz CT molecular complexity index is 359. The number of anilines is 1. The molecule has 0 fully saturated rings. The summed E-state index contributed by atoms with van der Waals surface area (Å²) in [5.74, 6) is 0.0199. The highest BCUT2D eigenvalue weighted by atomic mass is 16.5. The number of aliphatic hydroxyl groups is 4. The Kier molecular flexibility index (Phi) is 6.22. The first-order valence-corrected chi connectivity index (χ1v) is 5.53.